The van der Waals surface area contributed by atoms with Gasteiger partial charge < -0.3 is 24.2 Å². The predicted molar refractivity (Wildman–Crippen MR) is 150 cm³/mol. The number of carbonyl (C=O) groups is 1. The highest BCUT2D eigenvalue weighted by Gasteiger charge is 2.33. The van der Waals surface area contributed by atoms with E-state index < -0.39 is 11.7 Å². The average Bonchev–Trinajstić information content (AvgIpc) is 3.59. The standard InChI is InChI=1S/C29H34FN7O3/c1-17-7-9-23-22(14-31-34-23)25(17)24-10-8-21-26(37-13-12-36(15-18(37)2)28(38)19(3)30)32-29(33-27(21)40-24)39-16-20-6-5-11-35(20)4/h7,9-10,14,18,20H,3,5-6,8,11-13,15-16H2,1-2,4H3,(H,31,34)/t18-,20-/m0/s1. The Hall–Kier alpha value is -3.99. The van der Waals surface area contributed by atoms with Gasteiger partial charge in [-0.05, 0) is 58.0 Å². The third kappa shape index (κ3) is 4.78. The molecule has 0 radical (unpaired) electrons. The van der Waals surface area contributed by atoms with E-state index in [1.807, 2.05) is 32.2 Å². The van der Waals surface area contributed by atoms with Crippen LogP contribution in [0.15, 0.2) is 36.8 Å². The van der Waals surface area contributed by atoms with Gasteiger partial charge in [0.2, 0.25) is 5.88 Å². The first kappa shape index (κ1) is 26.2. The molecule has 2 aromatic heterocycles. The Morgan fingerprint density at radius 2 is 2.12 bits per heavy atom. The molecule has 2 saturated heterocycles. The molecular formula is C29H34FN7O3. The number of likely N-dealkylation sites (N-methyl/N-ethyl adjacent to an activating group) is 1. The molecule has 3 aromatic rings. The van der Waals surface area contributed by atoms with Crippen LogP contribution in [-0.4, -0.2) is 87.8 Å². The van der Waals surface area contributed by atoms with E-state index in [2.05, 4.69) is 39.7 Å². The van der Waals surface area contributed by atoms with Gasteiger partial charge >= 0.3 is 6.01 Å². The summed E-state index contributed by atoms with van der Waals surface area (Å²) in [6.07, 6.45) is 6.63. The SMILES string of the molecule is C=C(F)C(=O)N1CCN(c2nc(OC[C@@H]3CCCN3C)nc3c2CC=C(c2c(C)ccc4[nH]ncc24)O3)[C@@H](C)C1. The van der Waals surface area contributed by atoms with E-state index >= 15 is 0 Å². The molecule has 11 heteroatoms. The third-order valence-electron chi connectivity index (χ3n) is 8.20. The van der Waals surface area contributed by atoms with Crippen molar-refractivity contribution in [3.8, 4) is 11.9 Å². The zero-order valence-electron chi connectivity index (χ0n) is 23.1. The molecule has 0 saturated carbocycles. The average molecular weight is 548 g/mol. The Morgan fingerprint density at radius 3 is 2.88 bits per heavy atom. The van der Waals surface area contributed by atoms with Crippen LogP contribution in [0.5, 0.6) is 11.9 Å². The number of allylic oxidation sites excluding steroid dienone is 1. The number of amides is 1. The van der Waals surface area contributed by atoms with Gasteiger partial charge in [-0.2, -0.15) is 15.1 Å². The first-order chi connectivity index (χ1) is 19.3. The van der Waals surface area contributed by atoms with Crippen molar-refractivity contribution in [2.75, 3.05) is 44.7 Å². The molecule has 0 bridgehead atoms. The van der Waals surface area contributed by atoms with Crippen LogP contribution in [0, 0.1) is 6.92 Å². The monoisotopic (exact) mass is 547 g/mol. The molecule has 2 atom stereocenters. The lowest BCUT2D eigenvalue weighted by atomic mass is 9.99. The molecule has 6 rings (SSSR count). The zero-order valence-corrected chi connectivity index (χ0v) is 23.1. The summed E-state index contributed by atoms with van der Waals surface area (Å²) in [6, 6.07) is 4.51. The molecule has 210 valence electrons. The van der Waals surface area contributed by atoms with E-state index in [1.165, 1.54) is 4.90 Å². The maximum Gasteiger partial charge on any atom is 0.321 e. The number of aryl methyl sites for hydroxylation is 1. The number of H-pyrrole nitrogens is 1. The van der Waals surface area contributed by atoms with Gasteiger partial charge in [-0.3, -0.25) is 9.89 Å². The van der Waals surface area contributed by atoms with E-state index in [9.17, 15) is 9.18 Å². The summed E-state index contributed by atoms with van der Waals surface area (Å²) in [5.41, 5.74) is 3.83. The van der Waals surface area contributed by atoms with E-state index in [0.717, 1.165) is 47.0 Å². The van der Waals surface area contributed by atoms with E-state index in [0.29, 0.717) is 56.2 Å². The van der Waals surface area contributed by atoms with Crippen molar-refractivity contribution in [3.63, 3.8) is 0 Å². The number of nitrogens with one attached hydrogen (secondary N) is 1. The molecule has 0 spiro atoms. The van der Waals surface area contributed by atoms with Crippen molar-refractivity contribution in [2.24, 2.45) is 0 Å². The molecule has 5 heterocycles. The maximum atomic E-state index is 13.6. The van der Waals surface area contributed by atoms with Crippen molar-refractivity contribution in [2.45, 2.75) is 45.2 Å². The number of piperazine rings is 1. The normalized spacial score (nSPS) is 21.2. The molecule has 2 fully saturated rings. The van der Waals surface area contributed by atoms with Gasteiger partial charge in [0.25, 0.3) is 5.91 Å². The number of anilines is 1. The summed E-state index contributed by atoms with van der Waals surface area (Å²) in [5, 5.41) is 8.23. The molecule has 3 aliphatic heterocycles. The lowest BCUT2D eigenvalue weighted by molar-refractivity contribution is -0.129. The second-order valence-electron chi connectivity index (χ2n) is 10.9. The largest absolute Gasteiger partial charge is 0.462 e. The highest BCUT2D eigenvalue weighted by molar-refractivity contribution is 5.92. The molecular weight excluding hydrogens is 513 g/mol. The number of benzene rings is 1. The second-order valence-corrected chi connectivity index (χ2v) is 10.9. The maximum absolute atomic E-state index is 13.6. The molecule has 1 N–H and O–H groups in total. The number of nitrogens with zero attached hydrogens (tertiary/aromatic N) is 6. The molecule has 0 unspecified atom stereocenters. The summed E-state index contributed by atoms with van der Waals surface area (Å²) < 4.78 is 26.2. The Bertz CT molecular complexity index is 1500. The van der Waals surface area contributed by atoms with Crippen molar-refractivity contribution < 1.29 is 18.7 Å². The molecule has 40 heavy (non-hydrogen) atoms. The Labute approximate surface area is 232 Å². The van der Waals surface area contributed by atoms with Crippen LogP contribution in [0.2, 0.25) is 0 Å². The highest BCUT2D eigenvalue weighted by Crippen LogP contribution is 2.39. The topological polar surface area (TPSA) is 99.7 Å². The molecule has 0 aliphatic carbocycles. The van der Waals surface area contributed by atoms with E-state index in [4.69, 9.17) is 19.4 Å². The van der Waals surface area contributed by atoms with Gasteiger partial charge in [0.15, 0.2) is 5.83 Å². The summed E-state index contributed by atoms with van der Waals surface area (Å²) in [6.45, 7) is 9.95. The number of likely N-dealkylation sites (tertiary alicyclic amines) is 1. The van der Waals surface area contributed by atoms with Crippen LogP contribution in [-0.2, 0) is 11.2 Å². The van der Waals surface area contributed by atoms with Gasteiger partial charge in [0.1, 0.15) is 18.2 Å². The van der Waals surface area contributed by atoms with Gasteiger partial charge in [-0.15, -0.1) is 0 Å². The summed E-state index contributed by atoms with van der Waals surface area (Å²) in [5.74, 6) is 0.280. The minimum atomic E-state index is -0.943. The second kappa shape index (κ2) is 10.5. The molecule has 1 aromatic carbocycles. The highest BCUT2D eigenvalue weighted by atomic mass is 19.1. The first-order valence-corrected chi connectivity index (χ1v) is 13.8. The quantitative estimate of drug-likeness (QED) is 0.467. The summed E-state index contributed by atoms with van der Waals surface area (Å²) in [4.78, 5) is 27.7. The number of hydrogen-bond acceptors (Lipinski definition) is 8. The van der Waals surface area contributed by atoms with Crippen molar-refractivity contribution in [1.29, 1.82) is 0 Å². The fourth-order valence-electron chi connectivity index (χ4n) is 5.93. The first-order valence-electron chi connectivity index (χ1n) is 13.8. The fourth-order valence-corrected chi connectivity index (χ4v) is 5.93. The lowest BCUT2D eigenvalue weighted by Gasteiger charge is -2.41. The van der Waals surface area contributed by atoms with Crippen molar-refractivity contribution >= 4 is 28.4 Å². The van der Waals surface area contributed by atoms with Crippen LogP contribution < -0.4 is 14.4 Å². The molecule has 1 amide bonds. The number of rotatable bonds is 6. The lowest BCUT2D eigenvalue weighted by Crippen LogP contribution is -2.54. The van der Waals surface area contributed by atoms with E-state index in [-0.39, 0.29) is 12.1 Å². The van der Waals surface area contributed by atoms with Gasteiger partial charge in [0, 0.05) is 49.1 Å². The van der Waals surface area contributed by atoms with Crippen LogP contribution in [0.1, 0.15) is 36.5 Å². The summed E-state index contributed by atoms with van der Waals surface area (Å²) >= 11 is 0. The number of aromatic amines is 1. The van der Waals surface area contributed by atoms with Crippen LogP contribution >= 0.6 is 0 Å². The number of aromatic nitrogens is 4. The minimum absolute atomic E-state index is 0.114. The molecule has 10 nitrogen and oxygen atoms in total. The number of ether oxygens (including phenoxy) is 2. The molecule has 3 aliphatic rings. The van der Waals surface area contributed by atoms with Gasteiger partial charge in [-0.25, -0.2) is 4.39 Å². The van der Waals surface area contributed by atoms with Crippen LogP contribution in [0.3, 0.4) is 0 Å². The summed E-state index contributed by atoms with van der Waals surface area (Å²) in [7, 11) is 2.10. The fraction of sp³-hybridized carbons (Fsp3) is 0.448. The smallest absolute Gasteiger partial charge is 0.321 e. The van der Waals surface area contributed by atoms with Crippen LogP contribution in [0.25, 0.3) is 16.7 Å². The van der Waals surface area contributed by atoms with E-state index in [1.54, 1.807) is 0 Å². The number of fused-ring (bicyclic) bond motifs is 2. The van der Waals surface area contributed by atoms with Crippen molar-refractivity contribution in [3.05, 3.63) is 53.5 Å². The Morgan fingerprint density at radius 1 is 1.27 bits per heavy atom. The van der Waals surface area contributed by atoms with Gasteiger partial charge in [-0.1, -0.05) is 12.6 Å². The number of hydrogen-bond donors (Lipinski definition) is 1. The van der Waals surface area contributed by atoms with Gasteiger partial charge in [0.05, 0.1) is 17.3 Å². The van der Waals surface area contributed by atoms with Crippen molar-refractivity contribution in [1.82, 2.24) is 30.0 Å². The number of halogens is 1. The van der Waals surface area contributed by atoms with Crippen LogP contribution in [0.4, 0.5) is 10.2 Å². The minimum Gasteiger partial charge on any atom is -0.462 e. The Kier molecular flexibility index (Phi) is 6.91. The Balaban J connectivity index is 1.34. The predicted octanol–water partition coefficient (Wildman–Crippen LogP) is 3.63. The zero-order chi connectivity index (χ0) is 28.0. The number of carbonyl (C=O) groups excluding carboxylic acids is 1. The third-order valence-corrected chi connectivity index (χ3v) is 8.20.